The lowest BCUT2D eigenvalue weighted by atomic mass is 10.1. The van der Waals surface area contributed by atoms with E-state index in [1.807, 2.05) is 0 Å². The molecule has 0 spiro atoms. The molecule has 1 fully saturated rings. The molecule has 0 N–H and O–H groups in total. The second-order valence-electron chi connectivity index (χ2n) is 4.14. The number of hydrogen-bond acceptors (Lipinski definition) is 4. The number of hydrogen-bond donors (Lipinski definition) is 0. The van der Waals surface area contributed by atoms with Gasteiger partial charge >= 0.3 is 18.3 Å². The van der Waals surface area contributed by atoms with Crippen LogP contribution in [-0.4, -0.2) is 62.7 Å². The maximum Gasteiger partial charge on any atom is 0.411 e. The van der Waals surface area contributed by atoms with Crippen molar-refractivity contribution in [2.75, 3.05) is 39.5 Å². The summed E-state index contributed by atoms with van der Waals surface area (Å²) in [4.78, 5) is 12.7. The van der Waals surface area contributed by atoms with Crippen LogP contribution in [0.3, 0.4) is 0 Å². The number of nitrogens with zero attached hydrogens (tertiary/aromatic N) is 1. The molecule has 0 saturated carbocycles. The third kappa shape index (κ3) is 5.16. The zero-order valence-electron chi connectivity index (χ0n) is 10.3. The zero-order valence-corrected chi connectivity index (χ0v) is 10.3. The van der Waals surface area contributed by atoms with Gasteiger partial charge in [0.1, 0.15) is 6.61 Å². The summed E-state index contributed by atoms with van der Waals surface area (Å²) in [6.07, 6.45) is -11.4. The molecule has 0 bridgehead atoms. The molecule has 0 aromatic heterocycles. The second-order valence-corrected chi connectivity index (χ2v) is 4.14. The van der Waals surface area contributed by atoms with Crippen molar-refractivity contribution in [2.24, 2.45) is 5.92 Å². The van der Waals surface area contributed by atoms with Crippen molar-refractivity contribution in [3.63, 3.8) is 0 Å². The molecule has 1 aliphatic heterocycles. The lowest BCUT2D eigenvalue weighted by Gasteiger charge is -2.27. The Morgan fingerprint density at radius 1 is 1.10 bits per heavy atom. The molecule has 0 unspecified atom stereocenters. The maximum atomic E-state index is 12.2. The standard InChI is InChI=1S/C10H13F6NO3/c11-9(12,13)7(10(14,15)16)8(18)20-6-3-17-1-4-19-5-2-17/h7H,1-6H2. The molecule has 118 valence electrons. The number of rotatable bonds is 4. The summed E-state index contributed by atoms with van der Waals surface area (Å²) in [6, 6.07) is 0. The lowest BCUT2D eigenvalue weighted by molar-refractivity contribution is -0.281. The van der Waals surface area contributed by atoms with Crippen LogP contribution in [0.4, 0.5) is 26.3 Å². The number of carbonyl (C=O) groups is 1. The third-order valence-electron chi connectivity index (χ3n) is 2.65. The Kier molecular flexibility index (Phi) is 5.63. The molecule has 1 saturated heterocycles. The van der Waals surface area contributed by atoms with Gasteiger partial charge in [0.25, 0.3) is 0 Å². The average Bonchev–Trinajstić information content (AvgIpc) is 2.26. The Bertz CT molecular complexity index is 310. The van der Waals surface area contributed by atoms with Gasteiger partial charge in [0.2, 0.25) is 5.92 Å². The van der Waals surface area contributed by atoms with Gasteiger partial charge in [-0.2, -0.15) is 26.3 Å². The van der Waals surface area contributed by atoms with E-state index in [4.69, 9.17) is 4.74 Å². The number of alkyl halides is 6. The fraction of sp³-hybridized carbons (Fsp3) is 0.900. The first kappa shape index (κ1) is 17.0. The molecule has 0 amide bonds. The van der Waals surface area contributed by atoms with E-state index in [2.05, 4.69) is 4.74 Å². The Labute approximate surface area is 110 Å². The number of morpholine rings is 1. The van der Waals surface area contributed by atoms with Gasteiger partial charge in [-0.25, -0.2) is 0 Å². The summed E-state index contributed by atoms with van der Waals surface area (Å²) in [5.41, 5.74) is 0. The van der Waals surface area contributed by atoms with Crippen LogP contribution < -0.4 is 0 Å². The Hall–Kier alpha value is -1.03. The summed E-state index contributed by atoms with van der Waals surface area (Å²) in [5, 5.41) is 0. The molecular weight excluding hydrogens is 296 g/mol. The molecule has 1 aliphatic rings. The highest BCUT2D eigenvalue weighted by Crippen LogP contribution is 2.39. The first-order chi connectivity index (χ1) is 9.12. The van der Waals surface area contributed by atoms with E-state index in [-0.39, 0.29) is 6.54 Å². The number of esters is 1. The van der Waals surface area contributed by atoms with Crippen molar-refractivity contribution in [1.29, 1.82) is 0 Å². The van der Waals surface area contributed by atoms with E-state index in [1.165, 1.54) is 0 Å². The molecule has 10 heteroatoms. The van der Waals surface area contributed by atoms with E-state index < -0.39 is 30.8 Å². The number of carbonyl (C=O) groups excluding carboxylic acids is 1. The van der Waals surface area contributed by atoms with Crippen molar-refractivity contribution in [3.8, 4) is 0 Å². The first-order valence-electron chi connectivity index (χ1n) is 5.72. The van der Waals surface area contributed by atoms with E-state index >= 15 is 0 Å². The van der Waals surface area contributed by atoms with Crippen LogP contribution in [0.25, 0.3) is 0 Å². The topological polar surface area (TPSA) is 38.8 Å². The van der Waals surface area contributed by atoms with Gasteiger partial charge in [0.05, 0.1) is 13.2 Å². The van der Waals surface area contributed by atoms with Gasteiger partial charge < -0.3 is 9.47 Å². The van der Waals surface area contributed by atoms with Crippen molar-refractivity contribution < 1.29 is 40.6 Å². The third-order valence-corrected chi connectivity index (χ3v) is 2.65. The zero-order chi connectivity index (χ0) is 15.4. The summed E-state index contributed by atoms with van der Waals surface area (Å²) in [6.45, 7) is 1.35. The summed E-state index contributed by atoms with van der Waals surface area (Å²) < 4.78 is 82.3. The monoisotopic (exact) mass is 309 g/mol. The fourth-order valence-electron chi connectivity index (χ4n) is 1.64. The smallest absolute Gasteiger partial charge is 0.411 e. The van der Waals surface area contributed by atoms with Crippen LogP contribution in [0.5, 0.6) is 0 Å². The molecule has 4 nitrogen and oxygen atoms in total. The van der Waals surface area contributed by atoms with E-state index in [9.17, 15) is 31.1 Å². The van der Waals surface area contributed by atoms with E-state index in [1.54, 1.807) is 4.90 Å². The van der Waals surface area contributed by atoms with E-state index in [0.29, 0.717) is 26.3 Å². The second kappa shape index (κ2) is 6.61. The maximum absolute atomic E-state index is 12.2. The predicted molar refractivity (Wildman–Crippen MR) is 53.8 cm³/mol. The molecular formula is C10H13F6NO3. The molecule has 0 aromatic carbocycles. The summed E-state index contributed by atoms with van der Waals surface area (Å²) in [5.74, 6) is -6.42. The van der Waals surface area contributed by atoms with Crippen LogP contribution in [0.1, 0.15) is 0 Å². The van der Waals surface area contributed by atoms with Gasteiger partial charge in [0, 0.05) is 19.6 Å². The first-order valence-corrected chi connectivity index (χ1v) is 5.72. The lowest BCUT2D eigenvalue weighted by Crippen LogP contribution is -2.44. The van der Waals surface area contributed by atoms with Crippen LogP contribution >= 0.6 is 0 Å². The fourth-order valence-corrected chi connectivity index (χ4v) is 1.64. The van der Waals surface area contributed by atoms with Crippen LogP contribution in [-0.2, 0) is 14.3 Å². The van der Waals surface area contributed by atoms with Crippen LogP contribution in [0.15, 0.2) is 0 Å². The summed E-state index contributed by atoms with van der Waals surface area (Å²) >= 11 is 0. The Morgan fingerprint density at radius 2 is 1.60 bits per heavy atom. The van der Waals surface area contributed by atoms with Gasteiger partial charge in [-0.3, -0.25) is 9.69 Å². The van der Waals surface area contributed by atoms with E-state index in [0.717, 1.165) is 0 Å². The van der Waals surface area contributed by atoms with Crippen molar-refractivity contribution in [2.45, 2.75) is 12.4 Å². The molecule has 0 radical (unpaired) electrons. The number of ether oxygens (including phenoxy) is 2. The predicted octanol–water partition coefficient (Wildman–Crippen LogP) is 1.60. The minimum atomic E-state index is -5.71. The molecule has 0 atom stereocenters. The molecule has 0 aliphatic carbocycles. The Morgan fingerprint density at radius 3 is 2.05 bits per heavy atom. The highest BCUT2D eigenvalue weighted by atomic mass is 19.4. The quantitative estimate of drug-likeness (QED) is 0.584. The van der Waals surface area contributed by atoms with Crippen LogP contribution in [0.2, 0.25) is 0 Å². The SMILES string of the molecule is O=C(OCCN1CCOCC1)C(C(F)(F)F)C(F)(F)F. The molecule has 0 aromatic rings. The highest BCUT2D eigenvalue weighted by Gasteiger charge is 2.62. The van der Waals surface area contributed by atoms with Gasteiger partial charge in [-0.15, -0.1) is 0 Å². The van der Waals surface area contributed by atoms with Gasteiger partial charge in [-0.05, 0) is 0 Å². The normalized spacial score (nSPS) is 18.4. The van der Waals surface area contributed by atoms with Gasteiger partial charge in [-0.1, -0.05) is 0 Å². The highest BCUT2D eigenvalue weighted by molar-refractivity contribution is 5.74. The minimum absolute atomic E-state index is 0.0670. The molecule has 1 heterocycles. The van der Waals surface area contributed by atoms with Crippen molar-refractivity contribution >= 4 is 5.97 Å². The van der Waals surface area contributed by atoms with Crippen molar-refractivity contribution in [1.82, 2.24) is 4.90 Å². The van der Waals surface area contributed by atoms with Gasteiger partial charge in [0.15, 0.2) is 0 Å². The molecule has 1 rings (SSSR count). The van der Waals surface area contributed by atoms with Crippen molar-refractivity contribution in [3.05, 3.63) is 0 Å². The summed E-state index contributed by atoms with van der Waals surface area (Å²) in [7, 11) is 0. The molecule has 20 heavy (non-hydrogen) atoms. The Balaban J connectivity index is 2.46. The van der Waals surface area contributed by atoms with Crippen LogP contribution in [0, 0.1) is 5.92 Å². The number of halogens is 6. The minimum Gasteiger partial charge on any atom is -0.464 e. The average molecular weight is 309 g/mol. The largest absolute Gasteiger partial charge is 0.464 e.